The first kappa shape index (κ1) is 27.0. The van der Waals surface area contributed by atoms with E-state index in [0.29, 0.717) is 29.3 Å². The molecule has 3 aromatic rings. The van der Waals surface area contributed by atoms with Crippen LogP contribution in [0.3, 0.4) is 0 Å². The number of rotatable bonds is 14. The standard InChI is InChI=1S/C22H34N7O5P/c1-15(2)27-22(30)18(11-32-4)28-35(31,34-17-8-6-5-7-9-17)14-33-16(3)10-29-13-26-19-20(23)24-12-25-21(19)29/h5-9,12-13,15-16,18,22,27,30H,10-11,14H2,1-4H3,(H,28,31)(H2,23,24,25)/t16-,18+,22?,35+/m1/s1. The van der Waals surface area contributed by atoms with Crippen molar-refractivity contribution < 1.29 is 23.7 Å². The van der Waals surface area contributed by atoms with Gasteiger partial charge in [0, 0.05) is 13.2 Å². The van der Waals surface area contributed by atoms with E-state index in [2.05, 4.69) is 25.4 Å². The summed E-state index contributed by atoms with van der Waals surface area (Å²) in [5.74, 6) is 0.708. The molecule has 2 aromatic heterocycles. The summed E-state index contributed by atoms with van der Waals surface area (Å²) in [7, 11) is -2.14. The second-order valence-corrected chi connectivity index (χ2v) is 10.5. The van der Waals surface area contributed by atoms with Crippen LogP contribution in [0.5, 0.6) is 5.75 Å². The van der Waals surface area contributed by atoms with E-state index in [1.165, 1.54) is 13.4 Å². The number of imidazole rings is 1. The Morgan fingerprint density at radius 2 is 1.91 bits per heavy atom. The molecule has 0 aliphatic rings. The lowest BCUT2D eigenvalue weighted by molar-refractivity contribution is 0.0481. The lowest BCUT2D eigenvalue weighted by Crippen LogP contribution is -2.52. The van der Waals surface area contributed by atoms with Crippen molar-refractivity contribution in [1.29, 1.82) is 0 Å². The van der Waals surface area contributed by atoms with Gasteiger partial charge in [0.15, 0.2) is 11.5 Å². The number of fused-ring (bicyclic) bond motifs is 1. The molecule has 0 saturated heterocycles. The van der Waals surface area contributed by atoms with Crippen molar-refractivity contribution >= 4 is 24.5 Å². The number of benzene rings is 1. The molecule has 5 N–H and O–H groups in total. The number of nitrogens with two attached hydrogens (primary N) is 1. The molecule has 12 nitrogen and oxygen atoms in total. The van der Waals surface area contributed by atoms with E-state index in [1.807, 2.05) is 26.8 Å². The van der Waals surface area contributed by atoms with Gasteiger partial charge in [-0.15, -0.1) is 0 Å². The number of aliphatic hydroxyl groups excluding tert-OH is 1. The molecule has 1 aromatic carbocycles. The van der Waals surface area contributed by atoms with Crippen LogP contribution in [-0.2, 0) is 20.6 Å². The summed E-state index contributed by atoms with van der Waals surface area (Å²) < 4.78 is 32.8. The minimum absolute atomic E-state index is 0.000273. The van der Waals surface area contributed by atoms with Crippen LogP contribution >= 0.6 is 7.52 Å². The molecule has 35 heavy (non-hydrogen) atoms. The third-order valence-electron chi connectivity index (χ3n) is 5.00. The molecule has 13 heteroatoms. The van der Waals surface area contributed by atoms with Crippen LogP contribution in [0.25, 0.3) is 11.2 Å². The molecule has 4 atom stereocenters. The second-order valence-electron chi connectivity index (χ2n) is 8.47. The Morgan fingerprint density at radius 1 is 1.17 bits per heavy atom. The Hall–Kier alpha value is -2.60. The molecule has 0 amide bonds. The van der Waals surface area contributed by atoms with Gasteiger partial charge in [0.2, 0.25) is 0 Å². The van der Waals surface area contributed by atoms with Crippen LogP contribution < -0.4 is 20.7 Å². The van der Waals surface area contributed by atoms with E-state index >= 15 is 0 Å². The minimum Gasteiger partial charge on any atom is -0.431 e. The minimum atomic E-state index is -3.65. The Labute approximate surface area is 204 Å². The molecule has 0 fully saturated rings. The zero-order valence-electron chi connectivity index (χ0n) is 20.4. The molecule has 0 radical (unpaired) electrons. The fourth-order valence-corrected chi connectivity index (χ4v) is 5.23. The third-order valence-corrected chi connectivity index (χ3v) is 6.72. The number of aliphatic hydroxyl groups is 1. The molecule has 1 unspecified atom stereocenters. The van der Waals surface area contributed by atoms with Gasteiger partial charge < -0.3 is 29.4 Å². The zero-order valence-corrected chi connectivity index (χ0v) is 21.3. The maximum Gasteiger partial charge on any atom is 0.342 e. The van der Waals surface area contributed by atoms with Crippen LogP contribution in [0.2, 0.25) is 0 Å². The van der Waals surface area contributed by atoms with Crippen LogP contribution in [0.4, 0.5) is 5.82 Å². The lowest BCUT2D eigenvalue weighted by atomic mass is 10.2. The quantitative estimate of drug-likeness (QED) is 0.187. The summed E-state index contributed by atoms with van der Waals surface area (Å²) in [6.07, 6.45) is 1.33. The van der Waals surface area contributed by atoms with Crippen molar-refractivity contribution in [2.45, 2.75) is 51.7 Å². The summed E-state index contributed by atoms with van der Waals surface area (Å²) in [6, 6.07) is 8.08. The lowest BCUT2D eigenvalue weighted by Gasteiger charge is -2.30. The largest absolute Gasteiger partial charge is 0.431 e. The predicted molar refractivity (Wildman–Crippen MR) is 133 cm³/mol. The van der Waals surface area contributed by atoms with Crippen LogP contribution in [0.1, 0.15) is 20.8 Å². The molecule has 0 aliphatic carbocycles. The van der Waals surface area contributed by atoms with Gasteiger partial charge in [-0.2, -0.15) is 0 Å². The molecule has 0 aliphatic heterocycles. The monoisotopic (exact) mass is 507 g/mol. The van der Waals surface area contributed by atoms with E-state index in [4.69, 9.17) is 19.7 Å². The van der Waals surface area contributed by atoms with Crippen molar-refractivity contribution in [3.63, 3.8) is 0 Å². The molecular formula is C22H34N7O5P. The number of nitrogens with zero attached hydrogens (tertiary/aromatic N) is 4. The van der Waals surface area contributed by atoms with Crippen LogP contribution in [0.15, 0.2) is 43.0 Å². The van der Waals surface area contributed by atoms with Crippen LogP contribution in [0, 0.1) is 0 Å². The van der Waals surface area contributed by atoms with E-state index < -0.39 is 19.8 Å². The molecule has 0 saturated carbocycles. The normalized spacial score (nSPS) is 16.2. The number of methoxy groups -OCH3 is 1. The van der Waals surface area contributed by atoms with Gasteiger partial charge >= 0.3 is 7.52 Å². The number of aromatic nitrogens is 4. The molecule has 0 spiro atoms. The number of nitrogen functional groups attached to an aromatic ring is 1. The van der Waals surface area contributed by atoms with Crippen LogP contribution in [-0.4, -0.2) is 69.1 Å². The average molecular weight is 508 g/mol. The summed E-state index contributed by atoms with van der Waals surface area (Å²) in [5.41, 5.74) is 6.95. The molecule has 0 bridgehead atoms. The Bertz CT molecular complexity index is 1110. The van der Waals surface area contributed by atoms with Crippen molar-refractivity contribution in [2.24, 2.45) is 0 Å². The Balaban J connectivity index is 1.74. The van der Waals surface area contributed by atoms with Gasteiger partial charge in [0.25, 0.3) is 0 Å². The topological polar surface area (TPSA) is 159 Å². The molecule has 2 heterocycles. The van der Waals surface area contributed by atoms with E-state index in [-0.39, 0.29) is 25.1 Å². The number of para-hydroxylation sites is 1. The SMILES string of the molecule is COC[C@H](N[P@](=O)(CO[C@H](C)Cn1cnc2c(N)ncnc21)Oc1ccccc1)C(O)NC(C)C. The first-order valence-corrected chi connectivity index (χ1v) is 13.1. The van der Waals surface area contributed by atoms with Gasteiger partial charge in [-0.05, 0) is 32.9 Å². The summed E-state index contributed by atoms with van der Waals surface area (Å²) in [5, 5.41) is 16.6. The highest BCUT2D eigenvalue weighted by Gasteiger charge is 2.33. The Morgan fingerprint density at radius 3 is 2.60 bits per heavy atom. The van der Waals surface area contributed by atoms with Crippen molar-refractivity contribution in [3.8, 4) is 5.75 Å². The number of hydrogen-bond acceptors (Lipinski definition) is 10. The van der Waals surface area contributed by atoms with E-state index in [1.54, 1.807) is 35.2 Å². The van der Waals surface area contributed by atoms with Gasteiger partial charge in [-0.25, -0.2) is 20.0 Å². The smallest absolute Gasteiger partial charge is 0.342 e. The fourth-order valence-electron chi connectivity index (χ4n) is 3.42. The fraction of sp³-hybridized carbons (Fsp3) is 0.500. The molecule has 192 valence electrons. The summed E-state index contributed by atoms with van der Waals surface area (Å²) >= 11 is 0. The first-order chi connectivity index (χ1) is 16.7. The summed E-state index contributed by atoms with van der Waals surface area (Å²) in [6.45, 7) is 6.12. The molecular weight excluding hydrogens is 473 g/mol. The third kappa shape index (κ3) is 7.69. The van der Waals surface area contributed by atoms with Crippen molar-refractivity contribution in [1.82, 2.24) is 29.9 Å². The van der Waals surface area contributed by atoms with Crippen molar-refractivity contribution in [3.05, 3.63) is 43.0 Å². The van der Waals surface area contributed by atoms with Crippen molar-refractivity contribution in [2.75, 3.05) is 25.8 Å². The Kier molecular flexibility index (Phi) is 9.55. The average Bonchev–Trinajstić information content (AvgIpc) is 3.22. The highest BCUT2D eigenvalue weighted by Crippen LogP contribution is 2.44. The van der Waals surface area contributed by atoms with Gasteiger partial charge in [0.1, 0.15) is 30.2 Å². The second kappa shape index (κ2) is 12.4. The number of anilines is 1. The highest BCUT2D eigenvalue weighted by atomic mass is 31.2. The van der Waals surface area contributed by atoms with Gasteiger partial charge in [0.05, 0.1) is 31.6 Å². The maximum absolute atomic E-state index is 13.9. The maximum atomic E-state index is 13.9. The van der Waals surface area contributed by atoms with Gasteiger partial charge in [-0.1, -0.05) is 18.2 Å². The number of hydrogen-bond donors (Lipinski definition) is 4. The zero-order chi connectivity index (χ0) is 25.4. The predicted octanol–water partition coefficient (Wildman–Crippen LogP) is 1.96. The molecule has 3 rings (SSSR count). The van der Waals surface area contributed by atoms with Gasteiger partial charge in [-0.3, -0.25) is 9.88 Å². The summed E-state index contributed by atoms with van der Waals surface area (Å²) in [4.78, 5) is 12.4. The van der Waals surface area contributed by atoms with E-state index in [0.717, 1.165) is 0 Å². The van der Waals surface area contributed by atoms with E-state index in [9.17, 15) is 9.67 Å². The highest BCUT2D eigenvalue weighted by molar-refractivity contribution is 7.57. The number of ether oxygens (including phenoxy) is 2. The first-order valence-electron chi connectivity index (χ1n) is 11.3. The number of nitrogens with one attached hydrogen (secondary N) is 2.